The molecule has 0 aliphatic rings. The maximum atomic E-state index is 4.77. The molecule has 0 spiro atoms. The summed E-state index contributed by atoms with van der Waals surface area (Å²) in [6.07, 6.45) is 0. The summed E-state index contributed by atoms with van der Waals surface area (Å²) in [4.78, 5) is 8.27. The maximum absolute atomic E-state index is 4.77. The van der Waals surface area contributed by atoms with Gasteiger partial charge < -0.3 is 9.55 Å². The van der Waals surface area contributed by atoms with Gasteiger partial charge in [-0.15, -0.1) is 0 Å². The number of nitrogens with one attached hydrogen (secondary N) is 1. The third-order valence-corrected chi connectivity index (χ3v) is 3.98. The molecule has 0 radical (unpaired) electrons. The summed E-state index contributed by atoms with van der Waals surface area (Å²) in [5.74, 6) is 0.986. The molecule has 20 heavy (non-hydrogen) atoms. The monoisotopic (exact) mass is 261 g/mol. The van der Waals surface area contributed by atoms with E-state index in [4.69, 9.17) is 4.98 Å². The van der Waals surface area contributed by atoms with E-state index in [0.717, 1.165) is 28.1 Å². The summed E-state index contributed by atoms with van der Waals surface area (Å²) in [5.41, 5.74) is 5.69. The third kappa shape index (κ3) is 1.43. The fourth-order valence-corrected chi connectivity index (χ4v) is 2.87. The number of para-hydroxylation sites is 3. The van der Waals surface area contributed by atoms with E-state index in [1.165, 1.54) is 10.9 Å². The minimum atomic E-state index is 0.986. The molecule has 0 aliphatic carbocycles. The number of benzene rings is 2. The van der Waals surface area contributed by atoms with Gasteiger partial charge in [-0.25, -0.2) is 4.98 Å². The zero-order chi connectivity index (χ0) is 13.7. The lowest BCUT2D eigenvalue weighted by Gasteiger charge is -2.01. The minimum absolute atomic E-state index is 0.986. The highest BCUT2D eigenvalue weighted by molar-refractivity contribution is 5.91. The lowest BCUT2D eigenvalue weighted by molar-refractivity contribution is 0.952. The van der Waals surface area contributed by atoms with Gasteiger partial charge in [0.05, 0.1) is 16.7 Å². The molecule has 3 heteroatoms. The SMILES string of the molecule is Cc1c(-c2nc3ccccc3n2C)[nH]c2ccccc12. The Labute approximate surface area is 116 Å². The van der Waals surface area contributed by atoms with Crippen LogP contribution in [0.25, 0.3) is 33.5 Å². The van der Waals surface area contributed by atoms with Crippen LogP contribution in [-0.2, 0) is 7.05 Å². The Bertz CT molecular complexity index is 850. The number of hydrogen-bond acceptors (Lipinski definition) is 1. The molecule has 2 heterocycles. The van der Waals surface area contributed by atoms with Gasteiger partial charge in [0.2, 0.25) is 0 Å². The third-order valence-electron chi connectivity index (χ3n) is 3.98. The van der Waals surface area contributed by atoms with Gasteiger partial charge in [0, 0.05) is 18.0 Å². The summed E-state index contributed by atoms with van der Waals surface area (Å²) in [5, 5.41) is 1.26. The molecule has 4 rings (SSSR count). The maximum Gasteiger partial charge on any atom is 0.157 e. The highest BCUT2D eigenvalue weighted by Gasteiger charge is 2.15. The summed E-state index contributed by atoms with van der Waals surface area (Å²) in [6, 6.07) is 16.6. The molecule has 0 atom stereocenters. The van der Waals surface area contributed by atoms with E-state index in [2.05, 4.69) is 59.9 Å². The van der Waals surface area contributed by atoms with E-state index in [1.54, 1.807) is 0 Å². The number of fused-ring (bicyclic) bond motifs is 2. The van der Waals surface area contributed by atoms with Crippen LogP contribution in [0.3, 0.4) is 0 Å². The first-order valence-electron chi connectivity index (χ1n) is 6.75. The highest BCUT2D eigenvalue weighted by Crippen LogP contribution is 2.30. The highest BCUT2D eigenvalue weighted by atomic mass is 15.1. The quantitative estimate of drug-likeness (QED) is 0.551. The number of nitrogens with zero attached hydrogens (tertiary/aromatic N) is 2. The minimum Gasteiger partial charge on any atom is -0.352 e. The standard InChI is InChI=1S/C17H15N3/c1-11-12-7-3-4-8-13(12)18-16(11)17-19-14-9-5-6-10-15(14)20(17)2/h3-10,18H,1-2H3. The summed E-state index contributed by atoms with van der Waals surface area (Å²) in [7, 11) is 2.07. The van der Waals surface area contributed by atoms with E-state index in [9.17, 15) is 0 Å². The second-order valence-electron chi connectivity index (χ2n) is 5.15. The molecular weight excluding hydrogens is 246 g/mol. The van der Waals surface area contributed by atoms with Crippen molar-refractivity contribution in [1.82, 2.24) is 14.5 Å². The number of aromatic nitrogens is 3. The zero-order valence-electron chi connectivity index (χ0n) is 11.5. The summed E-state index contributed by atoms with van der Waals surface area (Å²) in [6.45, 7) is 2.15. The molecule has 4 aromatic rings. The Hall–Kier alpha value is -2.55. The summed E-state index contributed by atoms with van der Waals surface area (Å²) >= 11 is 0. The molecular formula is C17H15N3. The molecule has 0 unspecified atom stereocenters. The predicted octanol–water partition coefficient (Wildman–Crippen LogP) is 4.03. The lowest BCUT2D eigenvalue weighted by Crippen LogP contribution is -1.93. The molecule has 3 nitrogen and oxygen atoms in total. The second-order valence-corrected chi connectivity index (χ2v) is 5.15. The Morgan fingerprint density at radius 2 is 1.75 bits per heavy atom. The van der Waals surface area contributed by atoms with Crippen LogP contribution in [-0.4, -0.2) is 14.5 Å². The van der Waals surface area contributed by atoms with Crippen molar-refractivity contribution in [3.63, 3.8) is 0 Å². The van der Waals surface area contributed by atoms with E-state index in [1.807, 2.05) is 12.1 Å². The second kappa shape index (κ2) is 3.97. The fraction of sp³-hybridized carbons (Fsp3) is 0.118. The van der Waals surface area contributed by atoms with Crippen molar-refractivity contribution in [1.29, 1.82) is 0 Å². The Balaban J connectivity index is 2.06. The number of imidazole rings is 1. The fourth-order valence-electron chi connectivity index (χ4n) is 2.87. The molecule has 0 bridgehead atoms. The zero-order valence-corrected chi connectivity index (χ0v) is 11.5. The van der Waals surface area contributed by atoms with Crippen molar-refractivity contribution in [3.8, 4) is 11.5 Å². The first-order chi connectivity index (χ1) is 9.75. The Morgan fingerprint density at radius 1 is 1.00 bits per heavy atom. The molecule has 2 aromatic heterocycles. The van der Waals surface area contributed by atoms with Crippen LogP contribution < -0.4 is 0 Å². The topological polar surface area (TPSA) is 33.6 Å². The number of hydrogen-bond donors (Lipinski definition) is 1. The number of aromatic amines is 1. The van der Waals surface area contributed by atoms with Gasteiger partial charge >= 0.3 is 0 Å². The van der Waals surface area contributed by atoms with Crippen LogP contribution in [0.4, 0.5) is 0 Å². The van der Waals surface area contributed by atoms with Gasteiger partial charge in [-0.05, 0) is 30.7 Å². The molecule has 1 N–H and O–H groups in total. The number of aryl methyl sites for hydroxylation is 2. The summed E-state index contributed by atoms with van der Waals surface area (Å²) < 4.78 is 2.15. The van der Waals surface area contributed by atoms with Gasteiger partial charge in [-0.2, -0.15) is 0 Å². The number of H-pyrrole nitrogens is 1. The van der Waals surface area contributed by atoms with E-state index in [-0.39, 0.29) is 0 Å². The van der Waals surface area contributed by atoms with Crippen molar-refractivity contribution >= 4 is 21.9 Å². The van der Waals surface area contributed by atoms with Crippen LogP contribution in [0, 0.1) is 6.92 Å². The van der Waals surface area contributed by atoms with Gasteiger partial charge in [0.1, 0.15) is 0 Å². The first-order valence-corrected chi connectivity index (χ1v) is 6.75. The van der Waals surface area contributed by atoms with Gasteiger partial charge in [-0.3, -0.25) is 0 Å². The van der Waals surface area contributed by atoms with E-state index < -0.39 is 0 Å². The van der Waals surface area contributed by atoms with Crippen LogP contribution >= 0.6 is 0 Å². The largest absolute Gasteiger partial charge is 0.352 e. The molecule has 0 saturated heterocycles. The molecule has 2 aromatic carbocycles. The van der Waals surface area contributed by atoms with Crippen molar-refractivity contribution in [2.75, 3.05) is 0 Å². The van der Waals surface area contributed by atoms with Gasteiger partial charge in [0.15, 0.2) is 5.82 Å². The Kier molecular flexibility index (Phi) is 2.24. The first kappa shape index (κ1) is 11.3. The smallest absolute Gasteiger partial charge is 0.157 e. The molecule has 98 valence electrons. The van der Waals surface area contributed by atoms with Crippen molar-refractivity contribution in [2.45, 2.75) is 6.92 Å². The van der Waals surface area contributed by atoms with Crippen LogP contribution in [0.2, 0.25) is 0 Å². The predicted molar refractivity (Wildman–Crippen MR) is 82.7 cm³/mol. The van der Waals surface area contributed by atoms with E-state index in [0.29, 0.717) is 0 Å². The molecule has 0 aliphatic heterocycles. The average Bonchev–Trinajstić information content (AvgIpc) is 2.98. The van der Waals surface area contributed by atoms with E-state index >= 15 is 0 Å². The van der Waals surface area contributed by atoms with Crippen LogP contribution in [0.5, 0.6) is 0 Å². The van der Waals surface area contributed by atoms with Crippen LogP contribution in [0.1, 0.15) is 5.56 Å². The normalized spacial score (nSPS) is 11.5. The Morgan fingerprint density at radius 3 is 2.55 bits per heavy atom. The van der Waals surface area contributed by atoms with Crippen molar-refractivity contribution in [2.24, 2.45) is 7.05 Å². The molecule has 0 saturated carbocycles. The van der Waals surface area contributed by atoms with Crippen LogP contribution in [0.15, 0.2) is 48.5 Å². The van der Waals surface area contributed by atoms with Gasteiger partial charge in [0.25, 0.3) is 0 Å². The lowest BCUT2D eigenvalue weighted by atomic mass is 10.1. The number of rotatable bonds is 1. The average molecular weight is 261 g/mol. The van der Waals surface area contributed by atoms with Crippen molar-refractivity contribution < 1.29 is 0 Å². The molecule has 0 amide bonds. The van der Waals surface area contributed by atoms with Gasteiger partial charge in [-0.1, -0.05) is 30.3 Å². The van der Waals surface area contributed by atoms with Crippen molar-refractivity contribution in [3.05, 3.63) is 54.1 Å². The molecule has 0 fully saturated rings.